The Morgan fingerprint density at radius 1 is 0.964 bits per heavy atom. The van der Waals surface area contributed by atoms with Crippen LogP contribution in [0.2, 0.25) is 0 Å². The highest BCUT2D eigenvalue weighted by Gasteiger charge is 2.62. The number of hydrogen-bond acceptors (Lipinski definition) is 0. The van der Waals surface area contributed by atoms with Gasteiger partial charge in [-0.15, -0.1) is 18.5 Å². The second-order valence-corrected chi connectivity index (χ2v) is 14.7. The lowest BCUT2D eigenvalue weighted by molar-refractivity contribution is -0.0360. The van der Waals surface area contributed by atoms with Crippen LogP contribution in [0.5, 0.6) is 0 Å². The third-order valence-electron chi connectivity index (χ3n) is 8.76. The first-order valence-electron chi connectivity index (χ1n) is 11.4. The summed E-state index contributed by atoms with van der Waals surface area (Å²) in [4.78, 5) is 0. The van der Waals surface area contributed by atoms with Gasteiger partial charge in [-0.25, -0.2) is 0 Å². The molecule has 2 heteroatoms. The van der Waals surface area contributed by atoms with Gasteiger partial charge < -0.3 is 0 Å². The van der Waals surface area contributed by atoms with Gasteiger partial charge in [0.15, 0.2) is 0 Å². The lowest BCUT2D eigenvalue weighted by Gasteiger charge is -2.66. The third-order valence-corrected chi connectivity index (χ3v) is 11.1. The molecule has 0 saturated heterocycles. The highest BCUT2D eigenvalue weighted by Crippen LogP contribution is 2.69. The summed E-state index contributed by atoms with van der Waals surface area (Å²) >= 11 is 0. The van der Waals surface area contributed by atoms with Crippen molar-refractivity contribution in [2.45, 2.75) is 102 Å². The summed E-state index contributed by atoms with van der Waals surface area (Å²) < 4.78 is 0. The van der Waals surface area contributed by atoms with Gasteiger partial charge in [0, 0.05) is 11.1 Å². The van der Waals surface area contributed by atoms with Crippen molar-refractivity contribution in [3.8, 4) is 0 Å². The Kier molecular flexibility index (Phi) is 4.98. The Morgan fingerprint density at radius 2 is 1.54 bits per heavy atom. The predicted molar refractivity (Wildman–Crippen MR) is 130 cm³/mol. The minimum absolute atomic E-state index is 0.199. The fourth-order valence-corrected chi connectivity index (χ4v) is 7.93. The molecular weight excluding hydrogens is 374 g/mol. The Morgan fingerprint density at radius 3 is 2.04 bits per heavy atom. The minimum Gasteiger partial charge on any atom is -0.130 e. The van der Waals surface area contributed by atoms with E-state index in [4.69, 9.17) is 0 Å². The fourth-order valence-electron chi connectivity index (χ4n) is 6.97. The second-order valence-electron chi connectivity index (χ2n) is 12.8. The SMILES string of the molecule is CC(C)(C)c1ccc(C(P)C(C)(C)C)c(C23CC4CC(CC(C4)C2(C)P)C3)c1. The second kappa shape index (κ2) is 6.54. The van der Waals surface area contributed by atoms with Crippen molar-refractivity contribution in [1.29, 1.82) is 0 Å². The van der Waals surface area contributed by atoms with Crippen LogP contribution >= 0.6 is 18.5 Å². The number of rotatable bonds is 2. The minimum atomic E-state index is 0.199. The van der Waals surface area contributed by atoms with Crippen LogP contribution < -0.4 is 0 Å². The van der Waals surface area contributed by atoms with E-state index in [0.717, 1.165) is 17.8 Å². The summed E-state index contributed by atoms with van der Waals surface area (Å²) in [7, 11) is 6.62. The molecule has 0 spiro atoms. The molecule has 0 aliphatic heterocycles. The molecule has 1 aromatic rings. The van der Waals surface area contributed by atoms with Gasteiger partial charge in [0.1, 0.15) is 0 Å². The van der Waals surface area contributed by atoms with Gasteiger partial charge in [0.2, 0.25) is 0 Å². The average molecular weight is 417 g/mol. The van der Waals surface area contributed by atoms with Crippen LogP contribution in [-0.2, 0) is 10.8 Å². The zero-order chi connectivity index (χ0) is 20.7. The van der Waals surface area contributed by atoms with Crippen molar-refractivity contribution in [2.75, 3.05) is 0 Å². The predicted octanol–water partition coefficient (Wildman–Crippen LogP) is 7.66. The van der Waals surface area contributed by atoms with Gasteiger partial charge >= 0.3 is 0 Å². The van der Waals surface area contributed by atoms with Crippen molar-refractivity contribution in [3.05, 3.63) is 34.9 Å². The van der Waals surface area contributed by atoms with Crippen molar-refractivity contribution in [2.24, 2.45) is 23.2 Å². The molecule has 1 aromatic carbocycles. The van der Waals surface area contributed by atoms with E-state index >= 15 is 0 Å². The summed E-state index contributed by atoms with van der Waals surface area (Å²) in [5.41, 5.74) is 6.09. The molecule has 28 heavy (non-hydrogen) atoms. The topological polar surface area (TPSA) is 0 Å². The average Bonchev–Trinajstić information content (AvgIpc) is 2.56. The molecule has 0 nitrogen and oxygen atoms in total. The monoisotopic (exact) mass is 416 g/mol. The molecule has 4 fully saturated rings. The standard InChI is InChI=1S/C26H42P2/c1-23(2,3)18-8-9-20(22(27)24(4,5)6)21(13-18)26-14-16-10-17(15-26)12-19(11-16)25(26,7)28/h8-9,13,16-17,19,22H,10-12,14-15,27-28H2,1-7H3. The van der Waals surface area contributed by atoms with Crippen LogP contribution in [0.1, 0.15) is 103 Å². The van der Waals surface area contributed by atoms with E-state index in [0.29, 0.717) is 16.2 Å². The Balaban J connectivity index is 1.94. The molecule has 4 saturated carbocycles. The first-order valence-corrected chi connectivity index (χ1v) is 12.7. The van der Waals surface area contributed by atoms with E-state index < -0.39 is 0 Å². The smallest absolute Gasteiger partial charge is 0.00520 e. The maximum atomic E-state index is 3.40. The largest absolute Gasteiger partial charge is 0.130 e. The lowest BCUT2D eigenvalue weighted by atomic mass is 9.43. The van der Waals surface area contributed by atoms with Crippen molar-refractivity contribution >= 4 is 18.5 Å². The molecule has 0 aromatic heterocycles. The molecule has 0 amide bonds. The van der Waals surface area contributed by atoms with E-state index in [-0.39, 0.29) is 10.8 Å². The molecule has 5 rings (SSSR count). The van der Waals surface area contributed by atoms with Gasteiger partial charge in [-0.2, -0.15) is 0 Å². The first-order chi connectivity index (χ1) is 12.8. The summed E-state index contributed by atoms with van der Waals surface area (Å²) in [6, 6.07) is 7.56. The highest BCUT2D eigenvalue weighted by atomic mass is 31.0. The van der Waals surface area contributed by atoms with E-state index in [9.17, 15) is 0 Å². The molecule has 6 unspecified atom stereocenters. The summed E-state index contributed by atoms with van der Waals surface area (Å²) in [5, 5.41) is 0.327. The summed E-state index contributed by atoms with van der Waals surface area (Å²) in [6.45, 7) is 16.9. The van der Waals surface area contributed by atoms with Gasteiger partial charge in [-0.05, 0) is 82.5 Å². The molecule has 4 aliphatic rings. The maximum absolute atomic E-state index is 3.40. The number of hydrogen-bond donors (Lipinski definition) is 0. The Hall–Kier alpha value is 0.0800. The van der Waals surface area contributed by atoms with Crippen molar-refractivity contribution in [3.63, 3.8) is 0 Å². The van der Waals surface area contributed by atoms with Crippen molar-refractivity contribution in [1.82, 2.24) is 0 Å². The fraction of sp³-hybridized carbons (Fsp3) is 0.769. The van der Waals surface area contributed by atoms with E-state index in [1.54, 1.807) is 11.1 Å². The lowest BCUT2D eigenvalue weighted by Crippen LogP contribution is -2.62. The van der Waals surface area contributed by atoms with Gasteiger partial charge in [0.25, 0.3) is 0 Å². The van der Waals surface area contributed by atoms with Crippen LogP contribution in [0, 0.1) is 23.2 Å². The molecule has 156 valence electrons. The normalized spacial score (nSPS) is 38.7. The zero-order valence-electron chi connectivity index (χ0n) is 19.2. The molecule has 6 atom stereocenters. The van der Waals surface area contributed by atoms with E-state index in [1.165, 1.54) is 37.7 Å². The first kappa shape index (κ1) is 21.3. The molecule has 4 bridgehead atoms. The van der Waals surface area contributed by atoms with E-state index in [2.05, 4.69) is 85.1 Å². The zero-order valence-corrected chi connectivity index (χ0v) is 21.5. The highest BCUT2D eigenvalue weighted by molar-refractivity contribution is 7.19. The Bertz CT molecular complexity index is 748. The quantitative estimate of drug-likeness (QED) is 0.434. The molecule has 0 heterocycles. The Labute approximate surface area is 178 Å². The molecule has 0 N–H and O–H groups in total. The van der Waals surface area contributed by atoms with Crippen LogP contribution in [0.4, 0.5) is 0 Å². The van der Waals surface area contributed by atoms with Crippen LogP contribution in [0.25, 0.3) is 0 Å². The number of benzene rings is 1. The van der Waals surface area contributed by atoms with E-state index in [1.807, 2.05) is 0 Å². The molecular formula is C26H42P2. The van der Waals surface area contributed by atoms with Gasteiger partial charge in [-0.1, -0.05) is 66.7 Å². The van der Waals surface area contributed by atoms with Crippen LogP contribution in [-0.4, -0.2) is 5.16 Å². The van der Waals surface area contributed by atoms with Gasteiger partial charge in [-0.3, -0.25) is 0 Å². The summed E-state index contributed by atoms with van der Waals surface area (Å²) in [5.74, 6) is 2.79. The molecule has 4 aliphatic carbocycles. The van der Waals surface area contributed by atoms with Crippen molar-refractivity contribution < 1.29 is 0 Å². The maximum Gasteiger partial charge on any atom is 0.00520 e. The van der Waals surface area contributed by atoms with Gasteiger partial charge in [0.05, 0.1) is 0 Å². The molecule has 0 radical (unpaired) electrons. The third kappa shape index (κ3) is 3.16. The van der Waals surface area contributed by atoms with Crippen LogP contribution in [0.15, 0.2) is 18.2 Å². The summed E-state index contributed by atoms with van der Waals surface area (Å²) in [6.07, 6.45) is 7.24. The van der Waals surface area contributed by atoms with Crippen LogP contribution in [0.3, 0.4) is 0 Å².